The predicted molar refractivity (Wildman–Crippen MR) is 93.5 cm³/mol. The molecule has 1 amide bonds. The molecule has 0 saturated carbocycles. The van der Waals surface area contributed by atoms with Crippen molar-refractivity contribution in [1.29, 1.82) is 0 Å². The molecule has 2 aromatic carbocycles. The summed E-state index contributed by atoms with van der Waals surface area (Å²) in [4.78, 5) is 14.9. The lowest BCUT2D eigenvalue weighted by Crippen LogP contribution is -2.07. The van der Waals surface area contributed by atoms with Crippen LogP contribution in [0.5, 0.6) is 5.75 Å². The molecule has 25 heavy (non-hydrogen) atoms. The van der Waals surface area contributed by atoms with Gasteiger partial charge < -0.3 is 15.0 Å². The second kappa shape index (κ2) is 7.17. The second-order valence-electron chi connectivity index (χ2n) is 5.34. The van der Waals surface area contributed by atoms with Crippen LogP contribution in [0.15, 0.2) is 48.7 Å². The first kappa shape index (κ1) is 16.7. The summed E-state index contributed by atoms with van der Waals surface area (Å²) in [6, 6.07) is 9.43. The van der Waals surface area contributed by atoms with E-state index in [1.165, 1.54) is 12.3 Å². The van der Waals surface area contributed by atoms with Crippen molar-refractivity contribution < 1.29 is 18.3 Å². The molecule has 0 bridgehead atoms. The lowest BCUT2D eigenvalue weighted by Gasteiger charge is -2.03. The van der Waals surface area contributed by atoms with Gasteiger partial charge in [0.25, 0.3) is 0 Å². The van der Waals surface area contributed by atoms with Crippen LogP contribution < -0.4 is 10.1 Å². The van der Waals surface area contributed by atoms with Crippen LogP contribution in [0.25, 0.3) is 17.0 Å². The van der Waals surface area contributed by atoms with Crippen molar-refractivity contribution in [1.82, 2.24) is 4.98 Å². The lowest BCUT2D eigenvalue weighted by atomic mass is 10.2. The molecular formula is C19H16F2N2O2. The van der Waals surface area contributed by atoms with Crippen molar-refractivity contribution in [2.45, 2.75) is 6.92 Å². The van der Waals surface area contributed by atoms with Crippen molar-refractivity contribution in [2.24, 2.45) is 0 Å². The van der Waals surface area contributed by atoms with E-state index in [4.69, 9.17) is 4.74 Å². The van der Waals surface area contributed by atoms with Gasteiger partial charge in [0.2, 0.25) is 5.91 Å². The molecule has 1 heterocycles. The minimum atomic E-state index is -0.967. The summed E-state index contributed by atoms with van der Waals surface area (Å²) in [7, 11) is 0. The van der Waals surface area contributed by atoms with E-state index >= 15 is 0 Å². The summed E-state index contributed by atoms with van der Waals surface area (Å²) in [5.74, 6) is -1.57. The van der Waals surface area contributed by atoms with Crippen molar-refractivity contribution in [3.05, 3.63) is 65.9 Å². The number of rotatable bonds is 5. The van der Waals surface area contributed by atoms with E-state index in [0.717, 1.165) is 23.4 Å². The first-order valence-electron chi connectivity index (χ1n) is 7.75. The van der Waals surface area contributed by atoms with Gasteiger partial charge in [-0.15, -0.1) is 0 Å². The molecule has 0 aliphatic rings. The summed E-state index contributed by atoms with van der Waals surface area (Å²) < 4.78 is 32.0. The molecule has 0 spiro atoms. The fourth-order valence-electron chi connectivity index (χ4n) is 2.44. The van der Waals surface area contributed by atoms with Gasteiger partial charge in [-0.2, -0.15) is 0 Å². The highest BCUT2D eigenvalue weighted by Gasteiger charge is 2.10. The fraction of sp³-hybridized carbons (Fsp3) is 0.105. The third-order valence-corrected chi connectivity index (χ3v) is 3.58. The molecule has 0 radical (unpaired) electrons. The number of carbonyl (C=O) groups is 1. The van der Waals surface area contributed by atoms with Crippen LogP contribution in [-0.2, 0) is 4.79 Å². The first-order valence-corrected chi connectivity index (χ1v) is 7.75. The van der Waals surface area contributed by atoms with E-state index in [0.29, 0.717) is 23.2 Å². The van der Waals surface area contributed by atoms with Crippen molar-refractivity contribution in [3.8, 4) is 5.75 Å². The number of H-pyrrole nitrogens is 1. The Kier molecular flexibility index (Phi) is 4.79. The Morgan fingerprint density at radius 2 is 2.04 bits per heavy atom. The van der Waals surface area contributed by atoms with Gasteiger partial charge in [0.05, 0.1) is 17.8 Å². The van der Waals surface area contributed by atoms with Crippen LogP contribution in [0.4, 0.5) is 14.5 Å². The molecule has 128 valence electrons. The molecule has 0 fully saturated rings. The maximum absolute atomic E-state index is 13.4. The summed E-state index contributed by atoms with van der Waals surface area (Å²) in [6.07, 6.45) is 4.50. The molecule has 0 atom stereocenters. The number of halogens is 2. The number of aromatic amines is 1. The highest BCUT2D eigenvalue weighted by Crippen LogP contribution is 2.25. The number of ether oxygens (including phenoxy) is 1. The molecule has 1 aromatic heterocycles. The quantitative estimate of drug-likeness (QED) is 0.671. The van der Waals surface area contributed by atoms with E-state index in [9.17, 15) is 13.6 Å². The number of benzene rings is 2. The van der Waals surface area contributed by atoms with E-state index in [2.05, 4.69) is 10.3 Å². The van der Waals surface area contributed by atoms with Gasteiger partial charge in [-0.3, -0.25) is 4.79 Å². The molecule has 0 aliphatic carbocycles. The lowest BCUT2D eigenvalue weighted by molar-refractivity contribution is -0.111. The van der Waals surface area contributed by atoms with E-state index < -0.39 is 11.6 Å². The van der Waals surface area contributed by atoms with Crippen LogP contribution in [0.1, 0.15) is 12.5 Å². The van der Waals surface area contributed by atoms with Gasteiger partial charge in [-0.1, -0.05) is 12.1 Å². The van der Waals surface area contributed by atoms with E-state index in [1.54, 1.807) is 6.08 Å². The third-order valence-electron chi connectivity index (χ3n) is 3.58. The molecule has 4 nitrogen and oxygen atoms in total. The molecule has 0 aliphatic heterocycles. The van der Waals surface area contributed by atoms with Gasteiger partial charge in [0.15, 0.2) is 11.6 Å². The smallest absolute Gasteiger partial charge is 0.248 e. The Hall–Kier alpha value is -3.15. The summed E-state index contributed by atoms with van der Waals surface area (Å²) in [6.45, 7) is 2.46. The van der Waals surface area contributed by atoms with Gasteiger partial charge in [0, 0.05) is 23.7 Å². The minimum Gasteiger partial charge on any atom is -0.494 e. The zero-order chi connectivity index (χ0) is 17.8. The number of amides is 1. The van der Waals surface area contributed by atoms with Crippen LogP contribution in [0.2, 0.25) is 0 Å². The van der Waals surface area contributed by atoms with Crippen molar-refractivity contribution in [2.75, 3.05) is 11.9 Å². The summed E-state index contributed by atoms with van der Waals surface area (Å²) in [5.41, 5.74) is 1.60. The zero-order valence-corrected chi connectivity index (χ0v) is 13.5. The molecule has 3 aromatic rings. The van der Waals surface area contributed by atoms with Gasteiger partial charge in [-0.25, -0.2) is 8.78 Å². The fourth-order valence-corrected chi connectivity index (χ4v) is 2.44. The number of aromatic nitrogens is 1. The molecule has 0 unspecified atom stereocenters. The Morgan fingerprint density at radius 1 is 1.24 bits per heavy atom. The molecular weight excluding hydrogens is 326 g/mol. The highest BCUT2D eigenvalue weighted by atomic mass is 19.2. The van der Waals surface area contributed by atoms with Crippen molar-refractivity contribution in [3.63, 3.8) is 0 Å². The predicted octanol–water partition coefficient (Wildman–Crippen LogP) is 4.50. The van der Waals surface area contributed by atoms with E-state index in [1.807, 2.05) is 31.2 Å². The number of anilines is 1. The Bertz CT molecular complexity index is 948. The standard InChI is InChI=1S/C19H16F2N2O2/c1-2-25-13-5-3-4-12(8-13)6-7-19(24)23-18-11-22-17-10-16(21)15(20)9-14(17)18/h3-11,22H,2H2,1H3,(H,23,24)/b7-6+. The first-order chi connectivity index (χ1) is 12.1. The monoisotopic (exact) mass is 342 g/mol. The van der Waals surface area contributed by atoms with Crippen LogP contribution in [0, 0.1) is 11.6 Å². The van der Waals surface area contributed by atoms with Crippen molar-refractivity contribution >= 4 is 28.6 Å². The van der Waals surface area contributed by atoms with Gasteiger partial charge in [-0.05, 0) is 36.8 Å². The Morgan fingerprint density at radius 3 is 2.84 bits per heavy atom. The number of fused-ring (bicyclic) bond motifs is 1. The molecule has 0 saturated heterocycles. The molecule has 6 heteroatoms. The van der Waals surface area contributed by atoms with E-state index in [-0.39, 0.29) is 5.91 Å². The summed E-state index contributed by atoms with van der Waals surface area (Å²) in [5, 5.41) is 3.05. The van der Waals surface area contributed by atoms with Gasteiger partial charge >= 0.3 is 0 Å². The number of carbonyl (C=O) groups excluding carboxylic acids is 1. The zero-order valence-electron chi connectivity index (χ0n) is 13.5. The highest BCUT2D eigenvalue weighted by molar-refractivity contribution is 6.07. The normalized spacial score (nSPS) is 11.2. The third kappa shape index (κ3) is 3.85. The average Bonchev–Trinajstić information content (AvgIpc) is 2.96. The second-order valence-corrected chi connectivity index (χ2v) is 5.34. The number of hydrogen-bond donors (Lipinski definition) is 2. The minimum absolute atomic E-state index is 0.381. The van der Waals surface area contributed by atoms with Crippen LogP contribution in [0.3, 0.4) is 0 Å². The SMILES string of the molecule is CCOc1cccc(/C=C/C(=O)Nc2c[nH]c3cc(F)c(F)cc23)c1. The maximum atomic E-state index is 13.4. The molecule has 3 rings (SSSR count). The Labute approximate surface area is 143 Å². The van der Waals surface area contributed by atoms with Crippen LogP contribution in [-0.4, -0.2) is 17.5 Å². The maximum Gasteiger partial charge on any atom is 0.248 e. The topological polar surface area (TPSA) is 54.1 Å². The van der Waals surface area contributed by atoms with Gasteiger partial charge in [0.1, 0.15) is 5.75 Å². The largest absolute Gasteiger partial charge is 0.494 e. The van der Waals surface area contributed by atoms with Crippen LogP contribution >= 0.6 is 0 Å². The number of hydrogen-bond acceptors (Lipinski definition) is 2. The number of nitrogens with one attached hydrogen (secondary N) is 2. The Balaban J connectivity index is 1.74. The average molecular weight is 342 g/mol. The molecule has 2 N–H and O–H groups in total. The summed E-state index contributed by atoms with van der Waals surface area (Å²) >= 11 is 0.